The van der Waals surface area contributed by atoms with Crippen LogP contribution in [-0.4, -0.2) is 0 Å². The summed E-state index contributed by atoms with van der Waals surface area (Å²) in [6.45, 7) is 0. The van der Waals surface area contributed by atoms with Crippen LogP contribution in [0.25, 0.3) is 87.6 Å². The summed E-state index contributed by atoms with van der Waals surface area (Å²) in [6, 6.07) is 95.9. The van der Waals surface area contributed by atoms with E-state index in [2.05, 4.69) is 289 Å². The van der Waals surface area contributed by atoms with Gasteiger partial charge in [-0.3, -0.25) is 0 Å². The molecule has 0 heterocycles. The van der Waals surface area contributed by atoms with E-state index in [1.165, 1.54) is 93.3 Å². The quantitative estimate of drug-likeness (QED) is 0.126. The molecule has 13 rings (SSSR count). The molecule has 0 aromatic heterocycles. The highest BCUT2D eigenvalue weighted by Crippen LogP contribution is 2.49. The van der Waals surface area contributed by atoms with Gasteiger partial charge in [0.25, 0.3) is 0 Å². The molecule has 2 nitrogen and oxygen atoms in total. The summed E-state index contributed by atoms with van der Waals surface area (Å²) < 4.78 is 0. The van der Waals surface area contributed by atoms with Crippen LogP contribution < -0.4 is 9.80 Å². The maximum atomic E-state index is 2.48. The van der Waals surface area contributed by atoms with Gasteiger partial charge in [-0.15, -0.1) is 0 Å². The molecular weight excluding hydrogens is 869 g/mol. The predicted molar refractivity (Wildman–Crippen MR) is 308 cm³/mol. The Morgan fingerprint density at radius 1 is 0.264 bits per heavy atom. The van der Waals surface area contributed by atoms with E-state index in [-0.39, 0.29) is 0 Å². The molecule has 0 atom stereocenters. The van der Waals surface area contributed by atoms with E-state index < -0.39 is 0 Å². The Morgan fingerprint density at radius 3 is 1.14 bits per heavy atom. The lowest BCUT2D eigenvalue weighted by molar-refractivity contribution is 0.918. The summed E-state index contributed by atoms with van der Waals surface area (Å²) in [4.78, 5) is 4.88. The van der Waals surface area contributed by atoms with Gasteiger partial charge in [0.05, 0.1) is 0 Å². The molecule has 12 aromatic carbocycles. The smallest absolute Gasteiger partial charge is 0.0468 e. The number of para-hydroxylation sites is 1. The van der Waals surface area contributed by atoms with Gasteiger partial charge < -0.3 is 9.80 Å². The first-order valence-corrected chi connectivity index (χ1v) is 25.0. The third-order valence-corrected chi connectivity index (χ3v) is 14.4. The van der Waals surface area contributed by atoms with Crippen LogP contribution in [0.1, 0.15) is 12.8 Å². The minimum absolute atomic E-state index is 0.947. The van der Waals surface area contributed by atoms with Crippen molar-refractivity contribution >= 4 is 71.5 Å². The molecule has 0 N–H and O–H groups in total. The molecule has 1 aliphatic carbocycles. The van der Waals surface area contributed by atoms with Crippen molar-refractivity contribution in [2.45, 2.75) is 12.8 Å². The molecule has 340 valence electrons. The van der Waals surface area contributed by atoms with E-state index in [1.54, 1.807) is 0 Å². The number of rotatable bonds is 10. The van der Waals surface area contributed by atoms with Crippen molar-refractivity contribution in [2.75, 3.05) is 9.80 Å². The number of fused-ring (bicyclic) bond motifs is 4. The highest BCUT2D eigenvalue weighted by molar-refractivity contribution is 6.23. The van der Waals surface area contributed by atoms with Gasteiger partial charge in [0.15, 0.2) is 0 Å². The first-order valence-electron chi connectivity index (χ1n) is 25.0. The molecule has 0 spiro atoms. The number of benzene rings is 12. The van der Waals surface area contributed by atoms with Crippen LogP contribution in [-0.2, 0) is 0 Å². The summed E-state index contributed by atoms with van der Waals surface area (Å²) in [6.07, 6.45) is 8.72. The lowest BCUT2D eigenvalue weighted by Crippen LogP contribution is -2.17. The van der Waals surface area contributed by atoms with Gasteiger partial charge in [-0.1, -0.05) is 200 Å². The second kappa shape index (κ2) is 18.6. The molecule has 0 unspecified atom stereocenters. The average molecular weight is 919 g/mol. The number of hydrogen-bond donors (Lipinski definition) is 0. The zero-order valence-corrected chi connectivity index (χ0v) is 39.9. The number of anilines is 5. The normalized spacial score (nSPS) is 12.4. The summed E-state index contributed by atoms with van der Waals surface area (Å²) in [5, 5.41) is 9.70. The highest BCUT2D eigenvalue weighted by atomic mass is 15.2. The molecule has 72 heavy (non-hydrogen) atoms. The van der Waals surface area contributed by atoms with Crippen LogP contribution in [0.15, 0.2) is 285 Å². The van der Waals surface area contributed by atoms with Crippen molar-refractivity contribution < 1.29 is 0 Å². The number of nitrogens with zero attached hydrogens (tertiary/aromatic N) is 2. The Morgan fingerprint density at radius 2 is 0.653 bits per heavy atom. The van der Waals surface area contributed by atoms with E-state index in [1.807, 2.05) is 0 Å². The topological polar surface area (TPSA) is 6.48 Å². The predicted octanol–water partition coefficient (Wildman–Crippen LogP) is 19.8. The van der Waals surface area contributed by atoms with E-state index in [4.69, 9.17) is 0 Å². The minimum atomic E-state index is 0.947. The number of allylic oxidation sites excluding steroid dienone is 4. The summed E-state index contributed by atoms with van der Waals surface area (Å²) in [5.74, 6) is 0. The van der Waals surface area contributed by atoms with Gasteiger partial charge >= 0.3 is 0 Å². The third kappa shape index (κ3) is 7.99. The molecule has 0 radical (unpaired) electrons. The van der Waals surface area contributed by atoms with E-state index in [0.29, 0.717) is 0 Å². The van der Waals surface area contributed by atoms with E-state index in [0.717, 1.165) is 41.3 Å². The van der Waals surface area contributed by atoms with Crippen molar-refractivity contribution in [1.82, 2.24) is 0 Å². The molecule has 0 saturated carbocycles. The van der Waals surface area contributed by atoms with E-state index in [9.17, 15) is 0 Å². The molecule has 0 bridgehead atoms. The van der Waals surface area contributed by atoms with Gasteiger partial charge in [-0.05, 0) is 179 Å². The van der Waals surface area contributed by atoms with Gasteiger partial charge in [0.2, 0.25) is 0 Å². The Balaban J connectivity index is 1.08. The second-order valence-electron chi connectivity index (χ2n) is 18.8. The maximum Gasteiger partial charge on any atom is 0.0468 e. The largest absolute Gasteiger partial charge is 0.314 e. The standard InChI is InChI=1S/C70H50N2/c1-5-17-49(18-6-1)53-33-37-61(38-34-53)71(59-25-9-3-10-26-59)63-41-43-65-67(47-63)69(57-31-29-51-21-13-15-23-55(51)45-57)66-44-42-64(48-68(66)70(65)58-32-30-52-22-14-16-24-56(52)46-58)72(60-27-11-4-12-28-60)62-39-35-54(36-40-62)50-19-7-2-8-20-50/h1-11,13-27,29-48H,12,28H2. The Hall–Kier alpha value is -9.24. The molecule has 2 heteroatoms. The minimum Gasteiger partial charge on any atom is -0.314 e. The fourth-order valence-corrected chi connectivity index (χ4v) is 10.9. The van der Waals surface area contributed by atoms with Crippen LogP contribution in [0, 0.1) is 0 Å². The fourth-order valence-electron chi connectivity index (χ4n) is 10.9. The zero-order valence-electron chi connectivity index (χ0n) is 39.9. The van der Waals surface area contributed by atoms with Crippen LogP contribution in [0.3, 0.4) is 0 Å². The summed E-state index contributed by atoms with van der Waals surface area (Å²) in [7, 11) is 0. The van der Waals surface area contributed by atoms with Gasteiger partial charge in [-0.25, -0.2) is 0 Å². The first-order chi connectivity index (χ1) is 35.7. The molecule has 12 aromatic rings. The second-order valence-corrected chi connectivity index (χ2v) is 18.8. The van der Waals surface area contributed by atoms with Crippen molar-refractivity contribution in [3.05, 3.63) is 285 Å². The Bertz CT molecular complexity index is 4000. The van der Waals surface area contributed by atoms with Gasteiger partial charge in [0, 0.05) is 34.1 Å². The van der Waals surface area contributed by atoms with Crippen molar-refractivity contribution in [1.29, 1.82) is 0 Å². The van der Waals surface area contributed by atoms with Crippen molar-refractivity contribution in [3.63, 3.8) is 0 Å². The average Bonchev–Trinajstić information content (AvgIpc) is 3.46. The SMILES string of the molecule is C1=CCCC(N(c2ccc(-c3ccccc3)cc2)c2ccc3c(-c4ccc5ccccc5c4)c4cc(N(c5ccccc5)c5ccc(-c6ccccc6)cc5)ccc4c(-c4ccc5ccccc5c4)c3c2)=C1. The Kier molecular flexibility index (Phi) is 11.1. The van der Waals surface area contributed by atoms with Crippen molar-refractivity contribution in [2.24, 2.45) is 0 Å². The molecule has 0 saturated heterocycles. The fraction of sp³-hybridized carbons (Fsp3) is 0.0286. The molecule has 0 fully saturated rings. The third-order valence-electron chi connectivity index (χ3n) is 14.4. The molecule has 0 aliphatic heterocycles. The van der Waals surface area contributed by atoms with Gasteiger partial charge in [0.1, 0.15) is 0 Å². The van der Waals surface area contributed by atoms with Crippen LogP contribution in [0.2, 0.25) is 0 Å². The molecule has 0 amide bonds. The highest BCUT2D eigenvalue weighted by Gasteiger charge is 2.23. The summed E-state index contributed by atoms with van der Waals surface area (Å²) >= 11 is 0. The van der Waals surface area contributed by atoms with Crippen LogP contribution >= 0.6 is 0 Å². The zero-order chi connectivity index (χ0) is 47.8. The van der Waals surface area contributed by atoms with Crippen LogP contribution in [0.5, 0.6) is 0 Å². The van der Waals surface area contributed by atoms with Crippen molar-refractivity contribution in [3.8, 4) is 44.5 Å². The van der Waals surface area contributed by atoms with Crippen LogP contribution in [0.4, 0.5) is 28.4 Å². The lowest BCUT2D eigenvalue weighted by Gasteiger charge is -2.30. The lowest BCUT2D eigenvalue weighted by atomic mass is 9.84. The van der Waals surface area contributed by atoms with Gasteiger partial charge in [-0.2, -0.15) is 0 Å². The maximum absolute atomic E-state index is 2.48. The molecular formula is C70H50N2. The Labute approximate surface area is 421 Å². The first kappa shape index (κ1) is 42.8. The molecule has 1 aliphatic rings. The monoisotopic (exact) mass is 918 g/mol. The van der Waals surface area contributed by atoms with E-state index >= 15 is 0 Å². The summed E-state index contributed by atoms with van der Waals surface area (Å²) in [5.41, 5.74) is 16.4. The number of hydrogen-bond acceptors (Lipinski definition) is 2.